The number of rotatable bonds is 8. The Labute approximate surface area is 124 Å². The molecule has 3 heteroatoms. The summed E-state index contributed by atoms with van der Waals surface area (Å²) in [7, 11) is 0. The molecule has 0 bridgehead atoms. The van der Waals surface area contributed by atoms with Crippen molar-refractivity contribution in [3.63, 3.8) is 0 Å². The molecule has 0 amide bonds. The highest BCUT2D eigenvalue weighted by Crippen LogP contribution is 2.16. The smallest absolute Gasteiger partial charge is 0.213 e. The van der Waals surface area contributed by atoms with E-state index in [1.807, 2.05) is 13.0 Å². The van der Waals surface area contributed by atoms with Crippen LogP contribution in [0.25, 0.3) is 0 Å². The van der Waals surface area contributed by atoms with E-state index in [0.717, 1.165) is 31.1 Å². The molecule has 1 heterocycles. The molecule has 3 nitrogen and oxygen atoms in total. The van der Waals surface area contributed by atoms with Crippen LogP contribution in [-0.2, 0) is 6.54 Å². The highest BCUT2D eigenvalue weighted by atomic mass is 16.5. The van der Waals surface area contributed by atoms with Crippen molar-refractivity contribution < 1.29 is 4.74 Å². The molecule has 1 aromatic rings. The number of nitrogens with one attached hydrogen (secondary N) is 1. The lowest BCUT2D eigenvalue weighted by atomic mass is 10.1. The first kappa shape index (κ1) is 17.0. The first-order valence-electron chi connectivity index (χ1n) is 7.72. The summed E-state index contributed by atoms with van der Waals surface area (Å²) in [5.74, 6) is 2.05. The summed E-state index contributed by atoms with van der Waals surface area (Å²) in [5.41, 5.74) is 2.30. The lowest BCUT2D eigenvalue weighted by Crippen LogP contribution is -2.20. The fourth-order valence-electron chi connectivity index (χ4n) is 2.23. The molecular formula is C17H30N2O. The lowest BCUT2D eigenvalue weighted by molar-refractivity contribution is 0.185. The van der Waals surface area contributed by atoms with Gasteiger partial charge in [-0.1, -0.05) is 33.8 Å². The number of hydrogen-bond acceptors (Lipinski definition) is 3. The third kappa shape index (κ3) is 6.38. The first-order chi connectivity index (χ1) is 9.38. The Morgan fingerprint density at radius 2 is 1.80 bits per heavy atom. The number of aromatic nitrogens is 1. The third-order valence-electron chi connectivity index (χ3n) is 3.16. The van der Waals surface area contributed by atoms with Gasteiger partial charge in [0.15, 0.2) is 0 Å². The van der Waals surface area contributed by atoms with Crippen molar-refractivity contribution in [3.05, 3.63) is 23.4 Å². The van der Waals surface area contributed by atoms with Crippen LogP contribution in [0.15, 0.2) is 12.1 Å². The van der Waals surface area contributed by atoms with Gasteiger partial charge < -0.3 is 10.1 Å². The van der Waals surface area contributed by atoms with Crippen molar-refractivity contribution in [1.29, 1.82) is 0 Å². The van der Waals surface area contributed by atoms with Gasteiger partial charge in [-0.15, -0.1) is 0 Å². The Kier molecular flexibility index (Phi) is 7.00. The number of hydrogen-bond donors (Lipinski definition) is 1. The third-order valence-corrected chi connectivity index (χ3v) is 3.16. The van der Waals surface area contributed by atoms with Crippen LogP contribution in [-0.4, -0.2) is 17.6 Å². The average molecular weight is 278 g/mol. The van der Waals surface area contributed by atoms with Crippen LogP contribution >= 0.6 is 0 Å². The Morgan fingerprint density at radius 3 is 2.35 bits per heavy atom. The maximum absolute atomic E-state index is 5.87. The second kappa shape index (κ2) is 8.25. The molecule has 0 fully saturated rings. The van der Waals surface area contributed by atoms with Gasteiger partial charge in [-0.2, -0.15) is 0 Å². The quantitative estimate of drug-likeness (QED) is 0.782. The van der Waals surface area contributed by atoms with Crippen molar-refractivity contribution in [2.75, 3.05) is 6.54 Å². The zero-order valence-corrected chi connectivity index (χ0v) is 13.9. The van der Waals surface area contributed by atoms with Gasteiger partial charge >= 0.3 is 0 Å². The zero-order chi connectivity index (χ0) is 15.1. The minimum absolute atomic E-state index is 0.215. The standard InChI is InChI=1S/C17H30N2O/c1-12(2)9-14(5)20-17-8-7-16(15(6)19-17)11-18-10-13(3)4/h7-8,12-14,18H,9-11H2,1-6H3. The molecule has 0 saturated carbocycles. The molecule has 0 aliphatic heterocycles. The predicted molar refractivity (Wildman–Crippen MR) is 85.1 cm³/mol. The van der Waals surface area contributed by atoms with Gasteiger partial charge in [0.25, 0.3) is 0 Å². The highest BCUT2D eigenvalue weighted by molar-refractivity contribution is 5.25. The molecule has 114 valence electrons. The van der Waals surface area contributed by atoms with E-state index in [0.29, 0.717) is 11.8 Å². The predicted octanol–water partition coefficient (Wildman–Crippen LogP) is 3.95. The Hall–Kier alpha value is -1.09. The van der Waals surface area contributed by atoms with Gasteiger partial charge in [-0.05, 0) is 44.2 Å². The van der Waals surface area contributed by atoms with Gasteiger partial charge in [-0.3, -0.25) is 0 Å². The molecule has 1 N–H and O–H groups in total. The molecule has 0 saturated heterocycles. The van der Waals surface area contributed by atoms with Crippen LogP contribution in [0.3, 0.4) is 0 Å². The summed E-state index contributed by atoms with van der Waals surface area (Å²) in [6, 6.07) is 4.10. The lowest BCUT2D eigenvalue weighted by Gasteiger charge is -2.17. The molecule has 1 aromatic heterocycles. The van der Waals surface area contributed by atoms with Gasteiger partial charge in [-0.25, -0.2) is 4.98 Å². The molecule has 0 aromatic carbocycles. The maximum Gasteiger partial charge on any atom is 0.213 e. The maximum atomic E-state index is 5.87. The summed E-state index contributed by atoms with van der Waals surface area (Å²) in [5, 5.41) is 3.45. The monoisotopic (exact) mass is 278 g/mol. The van der Waals surface area contributed by atoms with Crippen molar-refractivity contribution in [2.24, 2.45) is 11.8 Å². The molecule has 0 spiro atoms. The van der Waals surface area contributed by atoms with E-state index in [-0.39, 0.29) is 6.10 Å². The van der Waals surface area contributed by atoms with Crippen LogP contribution < -0.4 is 10.1 Å². The number of aryl methyl sites for hydroxylation is 1. The number of pyridine rings is 1. The van der Waals surface area contributed by atoms with E-state index in [1.54, 1.807) is 0 Å². The van der Waals surface area contributed by atoms with Gasteiger partial charge in [0.05, 0.1) is 6.10 Å². The molecular weight excluding hydrogens is 248 g/mol. The van der Waals surface area contributed by atoms with Gasteiger partial charge in [0.1, 0.15) is 0 Å². The molecule has 1 atom stereocenters. The van der Waals surface area contributed by atoms with Crippen molar-refractivity contribution in [1.82, 2.24) is 10.3 Å². The van der Waals surface area contributed by atoms with E-state index in [4.69, 9.17) is 4.74 Å². The van der Waals surface area contributed by atoms with E-state index in [9.17, 15) is 0 Å². The molecule has 0 radical (unpaired) electrons. The molecule has 0 aliphatic carbocycles. The number of nitrogens with zero attached hydrogens (tertiary/aromatic N) is 1. The zero-order valence-electron chi connectivity index (χ0n) is 13.9. The Bertz CT molecular complexity index is 402. The SMILES string of the molecule is Cc1nc(OC(C)CC(C)C)ccc1CNCC(C)C. The fraction of sp³-hybridized carbons (Fsp3) is 0.706. The summed E-state index contributed by atoms with van der Waals surface area (Å²) >= 11 is 0. The fourth-order valence-corrected chi connectivity index (χ4v) is 2.23. The first-order valence-corrected chi connectivity index (χ1v) is 7.72. The topological polar surface area (TPSA) is 34.1 Å². The van der Waals surface area contributed by atoms with Crippen LogP contribution in [0.2, 0.25) is 0 Å². The normalized spacial score (nSPS) is 13.0. The minimum Gasteiger partial charge on any atom is -0.475 e. The second-order valence-corrected chi connectivity index (χ2v) is 6.48. The van der Waals surface area contributed by atoms with Crippen LogP contribution in [0, 0.1) is 18.8 Å². The molecule has 0 aliphatic rings. The van der Waals surface area contributed by atoms with E-state index in [1.165, 1.54) is 5.56 Å². The summed E-state index contributed by atoms with van der Waals surface area (Å²) < 4.78 is 5.87. The molecule has 1 unspecified atom stereocenters. The van der Waals surface area contributed by atoms with Crippen LogP contribution in [0.4, 0.5) is 0 Å². The molecule has 20 heavy (non-hydrogen) atoms. The van der Waals surface area contributed by atoms with Crippen molar-refractivity contribution in [2.45, 2.75) is 60.6 Å². The van der Waals surface area contributed by atoms with Gasteiger partial charge in [0.2, 0.25) is 5.88 Å². The summed E-state index contributed by atoms with van der Waals surface area (Å²) in [6.45, 7) is 14.9. The summed E-state index contributed by atoms with van der Waals surface area (Å²) in [4.78, 5) is 4.56. The van der Waals surface area contributed by atoms with Crippen LogP contribution in [0.1, 0.15) is 52.3 Å². The minimum atomic E-state index is 0.215. The molecule has 1 rings (SSSR count). The number of ether oxygens (including phenoxy) is 1. The Balaban J connectivity index is 2.54. The van der Waals surface area contributed by atoms with E-state index >= 15 is 0 Å². The van der Waals surface area contributed by atoms with Crippen molar-refractivity contribution >= 4 is 0 Å². The average Bonchev–Trinajstić information content (AvgIpc) is 2.30. The van der Waals surface area contributed by atoms with E-state index < -0.39 is 0 Å². The van der Waals surface area contributed by atoms with Crippen molar-refractivity contribution in [3.8, 4) is 5.88 Å². The summed E-state index contributed by atoms with van der Waals surface area (Å²) in [6.07, 6.45) is 1.27. The second-order valence-electron chi connectivity index (χ2n) is 6.48. The largest absolute Gasteiger partial charge is 0.475 e. The Morgan fingerprint density at radius 1 is 1.10 bits per heavy atom. The van der Waals surface area contributed by atoms with Gasteiger partial charge in [0, 0.05) is 18.3 Å². The van der Waals surface area contributed by atoms with E-state index in [2.05, 4.69) is 51.0 Å². The van der Waals surface area contributed by atoms with Crippen LogP contribution in [0.5, 0.6) is 5.88 Å². The highest BCUT2D eigenvalue weighted by Gasteiger charge is 2.09.